The lowest BCUT2D eigenvalue weighted by molar-refractivity contribution is 0.0903. The van der Waals surface area contributed by atoms with Crippen molar-refractivity contribution in [2.24, 2.45) is 5.92 Å². The minimum absolute atomic E-state index is 0.135. The molecular formula is C11H18N4OS. The maximum absolute atomic E-state index is 11.9. The molecule has 1 heterocycles. The lowest BCUT2D eigenvalue weighted by atomic mass is 9.83. The van der Waals surface area contributed by atoms with Crippen molar-refractivity contribution < 1.29 is 4.79 Å². The van der Waals surface area contributed by atoms with E-state index in [4.69, 9.17) is 5.73 Å². The molecule has 1 aliphatic carbocycles. The number of nitrogens with one attached hydrogen (secondary N) is 1. The van der Waals surface area contributed by atoms with Gasteiger partial charge in [-0.05, 0) is 18.8 Å². The fourth-order valence-electron chi connectivity index (χ4n) is 2.44. The molecule has 1 aliphatic rings. The van der Waals surface area contributed by atoms with Gasteiger partial charge in [-0.15, -0.1) is 10.2 Å². The van der Waals surface area contributed by atoms with Crippen LogP contribution in [0.5, 0.6) is 0 Å². The lowest BCUT2D eigenvalue weighted by Crippen LogP contribution is -2.41. The first-order valence-electron chi connectivity index (χ1n) is 6.10. The number of hydrogen-bond acceptors (Lipinski definition) is 5. The van der Waals surface area contributed by atoms with Crippen LogP contribution in [0, 0.1) is 5.92 Å². The Bertz CT molecular complexity index is 393. The van der Waals surface area contributed by atoms with Crippen LogP contribution < -0.4 is 11.1 Å². The molecule has 17 heavy (non-hydrogen) atoms. The summed E-state index contributed by atoms with van der Waals surface area (Å²) >= 11 is 1.14. The normalized spacial score (nSPS) is 24.5. The number of nitrogens with zero attached hydrogens (tertiary/aromatic N) is 2. The monoisotopic (exact) mass is 254 g/mol. The van der Waals surface area contributed by atoms with Crippen LogP contribution in [0.2, 0.25) is 0 Å². The number of hydrogen-bond donors (Lipinski definition) is 2. The maximum atomic E-state index is 11.9. The van der Waals surface area contributed by atoms with E-state index in [-0.39, 0.29) is 11.9 Å². The van der Waals surface area contributed by atoms with Gasteiger partial charge in [-0.2, -0.15) is 0 Å². The summed E-state index contributed by atoms with van der Waals surface area (Å²) in [7, 11) is 0. The van der Waals surface area contributed by atoms with E-state index in [2.05, 4.69) is 22.4 Å². The molecule has 2 unspecified atom stereocenters. The van der Waals surface area contributed by atoms with E-state index in [0.717, 1.165) is 24.2 Å². The van der Waals surface area contributed by atoms with Crippen molar-refractivity contribution in [3.63, 3.8) is 0 Å². The van der Waals surface area contributed by atoms with Gasteiger partial charge in [0, 0.05) is 6.04 Å². The Kier molecular flexibility index (Phi) is 3.93. The number of carbonyl (C=O) groups excluding carboxylic acids is 1. The molecule has 94 valence electrons. The Morgan fingerprint density at radius 3 is 2.88 bits per heavy atom. The van der Waals surface area contributed by atoms with Gasteiger partial charge in [0.1, 0.15) is 0 Å². The molecule has 6 heteroatoms. The summed E-state index contributed by atoms with van der Waals surface area (Å²) in [6.45, 7) is 2.18. The van der Waals surface area contributed by atoms with Gasteiger partial charge < -0.3 is 11.1 Å². The number of carbonyl (C=O) groups is 1. The van der Waals surface area contributed by atoms with Gasteiger partial charge in [0.2, 0.25) is 10.1 Å². The summed E-state index contributed by atoms with van der Waals surface area (Å²) in [6.07, 6.45) is 5.86. The van der Waals surface area contributed by atoms with Crippen LogP contribution in [0.1, 0.15) is 48.8 Å². The highest BCUT2D eigenvalue weighted by atomic mass is 32.1. The van der Waals surface area contributed by atoms with E-state index in [0.29, 0.717) is 16.1 Å². The second-order valence-electron chi connectivity index (χ2n) is 4.48. The quantitative estimate of drug-likeness (QED) is 0.862. The van der Waals surface area contributed by atoms with E-state index in [1.165, 1.54) is 19.3 Å². The Hall–Kier alpha value is -1.17. The molecule has 0 bridgehead atoms. The summed E-state index contributed by atoms with van der Waals surface area (Å²) in [5.41, 5.74) is 5.47. The van der Waals surface area contributed by atoms with E-state index >= 15 is 0 Å². The van der Waals surface area contributed by atoms with Crippen LogP contribution in [-0.2, 0) is 0 Å². The van der Waals surface area contributed by atoms with E-state index < -0.39 is 0 Å². The molecule has 0 saturated heterocycles. The summed E-state index contributed by atoms with van der Waals surface area (Å²) < 4.78 is 0. The molecule has 1 aromatic heterocycles. The molecule has 5 nitrogen and oxygen atoms in total. The van der Waals surface area contributed by atoms with Gasteiger partial charge in [0.25, 0.3) is 5.91 Å². The third-order valence-electron chi connectivity index (χ3n) is 3.38. The second-order valence-corrected chi connectivity index (χ2v) is 5.49. The van der Waals surface area contributed by atoms with Crippen LogP contribution in [0.4, 0.5) is 5.13 Å². The molecule has 2 atom stereocenters. The predicted octanol–water partition coefficient (Wildman–Crippen LogP) is 1.82. The van der Waals surface area contributed by atoms with Crippen molar-refractivity contribution in [1.29, 1.82) is 0 Å². The van der Waals surface area contributed by atoms with Crippen molar-refractivity contribution in [2.75, 3.05) is 5.73 Å². The molecule has 0 radical (unpaired) electrons. The van der Waals surface area contributed by atoms with Crippen LogP contribution in [0.25, 0.3) is 0 Å². The van der Waals surface area contributed by atoms with Gasteiger partial charge >= 0.3 is 0 Å². The average molecular weight is 254 g/mol. The predicted molar refractivity (Wildman–Crippen MR) is 67.8 cm³/mol. The minimum Gasteiger partial charge on any atom is -0.374 e. The Balaban J connectivity index is 1.97. The number of nitrogen functional groups attached to an aromatic ring is 1. The van der Waals surface area contributed by atoms with Crippen molar-refractivity contribution >= 4 is 22.4 Å². The summed E-state index contributed by atoms with van der Waals surface area (Å²) in [5, 5.41) is 11.2. The van der Waals surface area contributed by atoms with Crippen LogP contribution in [-0.4, -0.2) is 22.1 Å². The summed E-state index contributed by atoms with van der Waals surface area (Å²) in [6, 6.07) is 0.284. The van der Waals surface area contributed by atoms with Gasteiger partial charge in [-0.1, -0.05) is 37.5 Å². The first kappa shape index (κ1) is 12.3. The molecule has 1 fully saturated rings. The maximum Gasteiger partial charge on any atom is 0.282 e. The number of anilines is 1. The zero-order valence-corrected chi connectivity index (χ0v) is 10.8. The van der Waals surface area contributed by atoms with Gasteiger partial charge in [0.15, 0.2) is 0 Å². The highest BCUT2D eigenvalue weighted by molar-refractivity contribution is 7.16. The Labute approximate surface area is 105 Å². The van der Waals surface area contributed by atoms with Crippen molar-refractivity contribution in [2.45, 2.75) is 45.1 Å². The molecule has 1 saturated carbocycles. The Morgan fingerprint density at radius 2 is 2.24 bits per heavy atom. The van der Waals surface area contributed by atoms with Crippen LogP contribution >= 0.6 is 11.3 Å². The largest absolute Gasteiger partial charge is 0.374 e. The summed E-state index contributed by atoms with van der Waals surface area (Å²) in [5.74, 6) is 0.461. The SMILES string of the molecule is CCC1CCCCC1NC(=O)c1nnc(N)s1. The number of aromatic nitrogens is 2. The molecule has 2 rings (SSSR count). The second kappa shape index (κ2) is 5.44. The number of amides is 1. The zero-order valence-electron chi connectivity index (χ0n) is 9.98. The average Bonchev–Trinajstić information content (AvgIpc) is 2.77. The van der Waals surface area contributed by atoms with E-state index in [1.807, 2.05) is 0 Å². The molecule has 1 aromatic rings. The molecule has 0 aromatic carbocycles. The van der Waals surface area contributed by atoms with Gasteiger partial charge in [-0.25, -0.2) is 0 Å². The van der Waals surface area contributed by atoms with Crippen LogP contribution in [0.3, 0.4) is 0 Å². The smallest absolute Gasteiger partial charge is 0.282 e. The van der Waals surface area contributed by atoms with Crippen LogP contribution in [0.15, 0.2) is 0 Å². The topological polar surface area (TPSA) is 80.9 Å². The van der Waals surface area contributed by atoms with Crippen molar-refractivity contribution in [3.8, 4) is 0 Å². The van der Waals surface area contributed by atoms with E-state index in [1.54, 1.807) is 0 Å². The Morgan fingerprint density at radius 1 is 1.47 bits per heavy atom. The molecular weight excluding hydrogens is 236 g/mol. The zero-order chi connectivity index (χ0) is 12.3. The number of rotatable bonds is 3. The van der Waals surface area contributed by atoms with Gasteiger partial charge in [-0.3, -0.25) is 4.79 Å². The van der Waals surface area contributed by atoms with Crippen molar-refractivity contribution in [1.82, 2.24) is 15.5 Å². The third-order valence-corrected chi connectivity index (χ3v) is 4.14. The van der Waals surface area contributed by atoms with Crippen molar-refractivity contribution in [3.05, 3.63) is 5.01 Å². The third kappa shape index (κ3) is 2.94. The van der Waals surface area contributed by atoms with E-state index in [9.17, 15) is 4.79 Å². The molecule has 0 aliphatic heterocycles. The fraction of sp³-hybridized carbons (Fsp3) is 0.727. The molecule has 1 amide bonds. The molecule has 3 N–H and O–H groups in total. The first-order valence-corrected chi connectivity index (χ1v) is 6.92. The highest BCUT2D eigenvalue weighted by Gasteiger charge is 2.26. The fourth-order valence-corrected chi connectivity index (χ4v) is 2.96. The highest BCUT2D eigenvalue weighted by Crippen LogP contribution is 2.27. The first-order chi connectivity index (χ1) is 8.20. The summed E-state index contributed by atoms with van der Waals surface area (Å²) in [4.78, 5) is 11.9. The van der Waals surface area contributed by atoms with Gasteiger partial charge in [0.05, 0.1) is 0 Å². The number of nitrogens with two attached hydrogens (primary N) is 1. The standard InChI is InChI=1S/C11H18N4OS/c1-2-7-5-3-4-6-8(7)13-9(16)10-14-15-11(12)17-10/h7-8H,2-6H2,1H3,(H2,12,15)(H,13,16). The minimum atomic E-state index is -0.135. The molecule has 0 spiro atoms. The lowest BCUT2D eigenvalue weighted by Gasteiger charge is -2.31.